The fraction of sp³-hybridized carbons (Fsp3) is 1.00. The maximum absolute atomic E-state index is 5.41. The highest BCUT2D eigenvalue weighted by atomic mass is 28.3. The summed E-state index contributed by atoms with van der Waals surface area (Å²) in [5.41, 5.74) is 5.41. The number of rotatable bonds is 6. The Kier molecular flexibility index (Phi) is 6.78. The smallest absolute Gasteiger partial charge is 0.376 e. The quantitative estimate of drug-likeness (QED) is 0.464. The second kappa shape index (κ2) is 6.75. The highest BCUT2D eigenvalue weighted by molar-refractivity contribution is 6.36. The lowest BCUT2D eigenvalue weighted by Crippen LogP contribution is -2.35. The van der Waals surface area contributed by atoms with E-state index in [1.54, 1.807) is 6.92 Å². The molecule has 2 N–H and O–H groups in total. The second-order valence-electron chi connectivity index (χ2n) is 2.04. The van der Waals surface area contributed by atoms with Crippen LogP contribution in [-0.2, 0) is 13.3 Å². The molecule has 11 heavy (non-hydrogen) atoms. The van der Waals surface area contributed by atoms with Gasteiger partial charge in [0.2, 0.25) is 0 Å². The fourth-order valence-electron chi connectivity index (χ4n) is 0.574. The van der Waals surface area contributed by atoms with Crippen LogP contribution >= 0.6 is 0 Å². The minimum absolute atomic E-state index is 0.301. The molecule has 1 atom stereocenters. The summed E-state index contributed by atoms with van der Waals surface area (Å²) in [5, 5.41) is 0. The molecule has 0 rings (SSSR count). The van der Waals surface area contributed by atoms with Gasteiger partial charge in [0, 0.05) is 13.2 Å². The van der Waals surface area contributed by atoms with Crippen LogP contribution in [0.25, 0.3) is 0 Å². The van der Waals surface area contributed by atoms with Crippen molar-refractivity contribution < 1.29 is 13.3 Å². The van der Waals surface area contributed by atoms with Gasteiger partial charge in [-0.3, -0.25) is 0 Å². The third kappa shape index (κ3) is 6.45. The Morgan fingerprint density at radius 3 is 2.00 bits per heavy atom. The molecule has 0 heterocycles. The van der Waals surface area contributed by atoms with Gasteiger partial charge in [-0.2, -0.15) is 0 Å². The molecule has 0 saturated carbocycles. The Hall–Kier alpha value is 0.0569. The topological polar surface area (TPSA) is 53.7 Å². The summed E-state index contributed by atoms with van der Waals surface area (Å²) in [6, 6.07) is 0. The van der Waals surface area contributed by atoms with E-state index in [9.17, 15) is 0 Å². The van der Waals surface area contributed by atoms with Crippen LogP contribution in [0.3, 0.4) is 0 Å². The maximum Gasteiger partial charge on any atom is 0.485 e. The summed E-state index contributed by atoms with van der Waals surface area (Å²) in [4.78, 5) is 0. The van der Waals surface area contributed by atoms with Gasteiger partial charge < -0.3 is 19.0 Å². The first-order chi connectivity index (χ1) is 5.20. The zero-order valence-corrected chi connectivity index (χ0v) is 8.53. The molecule has 0 aromatic carbocycles. The molecule has 0 aliphatic heterocycles. The zero-order chi connectivity index (χ0) is 8.69. The van der Waals surface area contributed by atoms with E-state index in [1.165, 1.54) is 0 Å². The lowest BCUT2D eigenvalue weighted by molar-refractivity contribution is 0.0728. The molecule has 0 aliphatic rings. The minimum Gasteiger partial charge on any atom is -0.376 e. The molecule has 4 nitrogen and oxygen atoms in total. The van der Waals surface area contributed by atoms with E-state index in [2.05, 4.69) is 0 Å². The lowest BCUT2D eigenvalue weighted by atomic mass is 10.7. The number of nitrogens with two attached hydrogens (primary N) is 1. The van der Waals surface area contributed by atoms with Crippen molar-refractivity contribution in [2.45, 2.75) is 27.0 Å². The Labute approximate surface area is 69.6 Å². The predicted molar refractivity (Wildman–Crippen MR) is 45.1 cm³/mol. The Balaban J connectivity index is 3.50. The summed E-state index contributed by atoms with van der Waals surface area (Å²) in [6.45, 7) is 6.80. The molecule has 68 valence electrons. The fourth-order valence-corrected chi connectivity index (χ4v) is 1.72. The first kappa shape index (κ1) is 11.1. The average Bonchev–Trinajstić information content (AvgIpc) is 1.87. The molecule has 1 unspecified atom stereocenters. The van der Waals surface area contributed by atoms with Crippen LogP contribution in [0.5, 0.6) is 0 Å². The lowest BCUT2D eigenvalue weighted by Gasteiger charge is -2.16. The van der Waals surface area contributed by atoms with Crippen molar-refractivity contribution in [1.29, 1.82) is 0 Å². The van der Waals surface area contributed by atoms with Crippen LogP contribution in [0, 0.1) is 0 Å². The summed E-state index contributed by atoms with van der Waals surface area (Å²) in [6.07, 6.45) is -0.301. The molecule has 0 aromatic rings. The van der Waals surface area contributed by atoms with Gasteiger partial charge in [-0.15, -0.1) is 0 Å². The first-order valence-electron chi connectivity index (χ1n) is 3.85. The van der Waals surface area contributed by atoms with Crippen molar-refractivity contribution in [2.75, 3.05) is 13.2 Å². The predicted octanol–water partition coefficient (Wildman–Crippen LogP) is 0.0979. The normalized spacial score (nSPS) is 13.9. The molecule has 0 aromatic heterocycles. The van der Waals surface area contributed by atoms with E-state index < -0.39 is 9.53 Å². The van der Waals surface area contributed by atoms with Gasteiger partial charge in [0.25, 0.3) is 0 Å². The van der Waals surface area contributed by atoms with E-state index in [-0.39, 0.29) is 6.23 Å². The van der Waals surface area contributed by atoms with Crippen LogP contribution < -0.4 is 5.73 Å². The standard InChI is InChI=1S/C6H17NO3Si/c1-4-8-11(9-5-2)10-6(3)7/h6,11H,4-5,7H2,1-3H3. The van der Waals surface area contributed by atoms with Crippen molar-refractivity contribution in [3.8, 4) is 0 Å². The van der Waals surface area contributed by atoms with E-state index in [0.717, 1.165) is 0 Å². The molecule has 0 radical (unpaired) electrons. The van der Waals surface area contributed by atoms with Gasteiger partial charge in [0.05, 0.1) is 6.23 Å². The molecular weight excluding hydrogens is 162 g/mol. The van der Waals surface area contributed by atoms with E-state index >= 15 is 0 Å². The minimum atomic E-state index is -1.92. The number of hydrogen-bond acceptors (Lipinski definition) is 4. The summed E-state index contributed by atoms with van der Waals surface area (Å²) in [5.74, 6) is 0. The van der Waals surface area contributed by atoms with Crippen molar-refractivity contribution in [3.63, 3.8) is 0 Å². The SMILES string of the molecule is CCO[SiH](OCC)OC(C)N. The molecule has 0 bridgehead atoms. The van der Waals surface area contributed by atoms with Crippen LogP contribution in [0.2, 0.25) is 0 Å². The van der Waals surface area contributed by atoms with E-state index in [0.29, 0.717) is 13.2 Å². The summed E-state index contributed by atoms with van der Waals surface area (Å²) >= 11 is 0. The second-order valence-corrected chi connectivity index (χ2v) is 3.56. The average molecular weight is 179 g/mol. The molecule has 0 aliphatic carbocycles. The van der Waals surface area contributed by atoms with Crippen LogP contribution in [0.4, 0.5) is 0 Å². The van der Waals surface area contributed by atoms with Crippen molar-refractivity contribution >= 4 is 9.53 Å². The third-order valence-electron chi connectivity index (χ3n) is 0.931. The largest absolute Gasteiger partial charge is 0.485 e. The molecule has 0 amide bonds. The maximum atomic E-state index is 5.41. The van der Waals surface area contributed by atoms with Gasteiger partial charge in [0.15, 0.2) is 0 Å². The Bertz CT molecular complexity index is 85.9. The van der Waals surface area contributed by atoms with Gasteiger partial charge in [-0.25, -0.2) is 0 Å². The number of hydrogen-bond donors (Lipinski definition) is 1. The molecular formula is C6H17NO3Si. The third-order valence-corrected chi connectivity index (χ3v) is 2.79. The van der Waals surface area contributed by atoms with Crippen LogP contribution in [0.15, 0.2) is 0 Å². The van der Waals surface area contributed by atoms with Gasteiger partial charge in [-0.05, 0) is 20.8 Å². The van der Waals surface area contributed by atoms with Crippen LogP contribution in [-0.4, -0.2) is 29.0 Å². The van der Waals surface area contributed by atoms with E-state index in [4.69, 9.17) is 19.0 Å². The van der Waals surface area contributed by atoms with Gasteiger partial charge in [0.1, 0.15) is 0 Å². The Morgan fingerprint density at radius 1 is 1.27 bits per heavy atom. The first-order valence-corrected chi connectivity index (χ1v) is 5.26. The van der Waals surface area contributed by atoms with Crippen molar-refractivity contribution in [1.82, 2.24) is 0 Å². The van der Waals surface area contributed by atoms with Crippen LogP contribution in [0.1, 0.15) is 20.8 Å². The van der Waals surface area contributed by atoms with Gasteiger partial charge >= 0.3 is 9.53 Å². The van der Waals surface area contributed by atoms with E-state index in [1.807, 2.05) is 13.8 Å². The summed E-state index contributed by atoms with van der Waals surface area (Å²) in [7, 11) is -1.92. The molecule has 5 heteroatoms. The highest BCUT2D eigenvalue weighted by Gasteiger charge is 2.14. The van der Waals surface area contributed by atoms with Crippen molar-refractivity contribution in [3.05, 3.63) is 0 Å². The molecule has 0 spiro atoms. The zero-order valence-electron chi connectivity index (χ0n) is 7.37. The highest BCUT2D eigenvalue weighted by Crippen LogP contribution is 1.94. The molecule has 0 saturated heterocycles. The molecule has 0 fully saturated rings. The summed E-state index contributed by atoms with van der Waals surface area (Å²) < 4.78 is 15.6. The van der Waals surface area contributed by atoms with Crippen molar-refractivity contribution in [2.24, 2.45) is 5.73 Å². The Morgan fingerprint density at radius 2 is 1.73 bits per heavy atom. The van der Waals surface area contributed by atoms with Gasteiger partial charge in [-0.1, -0.05) is 0 Å². The monoisotopic (exact) mass is 179 g/mol.